The summed E-state index contributed by atoms with van der Waals surface area (Å²) in [6.45, 7) is 6.12. The van der Waals surface area contributed by atoms with Crippen molar-refractivity contribution in [3.8, 4) is 11.5 Å². The fourth-order valence-electron chi connectivity index (χ4n) is 3.24. The van der Waals surface area contributed by atoms with Crippen molar-refractivity contribution in [1.29, 1.82) is 0 Å². The highest BCUT2D eigenvalue weighted by molar-refractivity contribution is 7.92. The molecular weight excluding hydrogens is 398 g/mol. The van der Waals surface area contributed by atoms with Crippen LogP contribution in [0.4, 0.5) is 5.69 Å². The van der Waals surface area contributed by atoms with Crippen LogP contribution in [0.5, 0.6) is 11.5 Å². The van der Waals surface area contributed by atoms with Gasteiger partial charge in [-0.3, -0.25) is 14.0 Å². The quantitative estimate of drug-likeness (QED) is 0.547. The molecular formula is C19H31N3O6S. The lowest BCUT2D eigenvalue weighted by molar-refractivity contribution is -0.121. The molecule has 1 fully saturated rings. The van der Waals surface area contributed by atoms with E-state index in [4.69, 9.17) is 14.2 Å². The molecule has 1 unspecified atom stereocenters. The monoisotopic (exact) mass is 429 g/mol. The van der Waals surface area contributed by atoms with Crippen molar-refractivity contribution >= 4 is 21.6 Å². The molecule has 9 nitrogen and oxygen atoms in total. The van der Waals surface area contributed by atoms with Gasteiger partial charge in [0.05, 0.1) is 39.4 Å². The van der Waals surface area contributed by atoms with Crippen LogP contribution in [0.3, 0.4) is 0 Å². The van der Waals surface area contributed by atoms with Crippen molar-refractivity contribution in [3.05, 3.63) is 18.2 Å². The Kier molecular flexibility index (Phi) is 8.54. The van der Waals surface area contributed by atoms with Gasteiger partial charge in [-0.15, -0.1) is 0 Å². The Morgan fingerprint density at radius 2 is 1.97 bits per heavy atom. The summed E-state index contributed by atoms with van der Waals surface area (Å²) < 4.78 is 41.9. The third-order valence-corrected chi connectivity index (χ3v) is 5.99. The first kappa shape index (κ1) is 23.2. The Balaban J connectivity index is 2.07. The largest absolute Gasteiger partial charge is 0.497 e. The van der Waals surface area contributed by atoms with Gasteiger partial charge < -0.3 is 19.5 Å². The molecule has 1 N–H and O–H groups in total. The number of hydrogen-bond donors (Lipinski definition) is 1. The summed E-state index contributed by atoms with van der Waals surface area (Å²) in [4.78, 5) is 15.0. The molecule has 0 radical (unpaired) electrons. The molecule has 1 aliphatic heterocycles. The maximum Gasteiger partial charge on any atom is 0.243 e. The lowest BCUT2D eigenvalue weighted by Gasteiger charge is -2.30. The number of sulfonamides is 1. The number of ether oxygens (including phenoxy) is 3. The van der Waals surface area contributed by atoms with Crippen molar-refractivity contribution in [1.82, 2.24) is 10.2 Å². The first-order valence-corrected chi connectivity index (χ1v) is 11.4. The van der Waals surface area contributed by atoms with Crippen LogP contribution in [0.25, 0.3) is 0 Å². The van der Waals surface area contributed by atoms with Gasteiger partial charge in [-0.25, -0.2) is 8.42 Å². The fourth-order valence-corrected chi connectivity index (χ4v) is 4.41. The van der Waals surface area contributed by atoms with Gasteiger partial charge >= 0.3 is 0 Å². The summed E-state index contributed by atoms with van der Waals surface area (Å²) in [5.41, 5.74) is 0.255. The van der Waals surface area contributed by atoms with Gasteiger partial charge in [0, 0.05) is 25.7 Å². The number of anilines is 1. The van der Waals surface area contributed by atoms with Gasteiger partial charge in [-0.05, 0) is 32.0 Å². The highest BCUT2D eigenvalue weighted by Gasteiger charge is 2.31. The summed E-state index contributed by atoms with van der Waals surface area (Å²) in [5.74, 6) is 0.429. The molecule has 29 heavy (non-hydrogen) atoms. The normalized spacial score (nSPS) is 16.1. The topological polar surface area (TPSA) is 97.4 Å². The van der Waals surface area contributed by atoms with E-state index in [1.165, 1.54) is 14.2 Å². The number of hydrogen-bond acceptors (Lipinski definition) is 7. The molecule has 1 aromatic rings. The van der Waals surface area contributed by atoms with E-state index in [1.807, 2.05) is 0 Å². The summed E-state index contributed by atoms with van der Waals surface area (Å²) in [5, 5.41) is 2.84. The predicted molar refractivity (Wildman–Crippen MR) is 111 cm³/mol. The Labute approximate surface area is 173 Å². The molecule has 1 aromatic carbocycles. The van der Waals surface area contributed by atoms with Crippen molar-refractivity contribution in [3.63, 3.8) is 0 Å². The summed E-state index contributed by atoms with van der Waals surface area (Å²) in [7, 11) is -0.819. The van der Waals surface area contributed by atoms with Crippen molar-refractivity contribution in [2.75, 3.05) is 64.2 Å². The van der Waals surface area contributed by atoms with Gasteiger partial charge in [0.1, 0.15) is 17.5 Å². The summed E-state index contributed by atoms with van der Waals surface area (Å²) in [6.07, 6.45) is 1.84. The molecule has 0 saturated carbocycles. The Bertz CT molecular complexity index is 780. The van der Waals surface area contributed by atoms with Crippen LogP contribution in [0.1, 0.15) is 13.3 Å². The third kappa shape index (κ3) is 6.48. The van der Waals surface area contributed by atoms with Crippen LogP contribution in [-0.4, -0.2) is 85.1 Å². The van der Waals surface area contributed by atoms with E-state index in [0.717, 1.165) is 49.8 Å². The smallest absolute Gasteiger partial charge is 0.243 e. The number of carbonyl (C=O) groups excluding carboxylic acids is 1. The van der Waals surface area contributed by atoms with E-state index in [1.54, 1.807) is 25.1 Å². The number of nitrogens with zero attached hydrogens (tertiary/aromatic N) is 2. The minimum atomic E-state index is -3.75. The minimum absolute atomic E-state index is 0.255. The lowest BCUT2D eigenvalue weighted by Crippen LogP contribution is -2.48. The van der Waals surface area contributed by atoms with Crippen LogP contribution >= 0.6 is 0 Å². The number of rotatable bonds is 10. The van der Waals surface area contributed by atoms with Crippen molar-refractivity contribution < 1.29 is 27.4 Å². The predicted octanol–water partition coefficient (Wildman–Crippen LogP) is 0.697. The van der Waals surface area contributed by atoms with E-state index < -0.39 is 16.1 Å². The van der Waals surface area contributed by atoms with Crippen molar-refractivity contribution in [2.24, 2.45) is 0 Å². The number of methoxy groups -OCH3 is 2. The molecule has 1 amide bonds. The molecule has 2 rings (SSSR count). The molecule has 0 spiro atoms. The van der Waals surface area contributed by atoms with Gasteiger partial charge in [-0.1, -0.05) is 0 Å². The molecule has 1 saturated heterocycles. The zero-order valence-electron chi connectivity index (χ0n) is 17.5. The third-order valence-electron chi connectivity index (χ3n) is 4.77. The second-order valence-electron chi connectivity index (χ2n) is 6.87. The van der Waals surface area contributed by atoms with E-state index in [0.29, 0.717) is 18.0 Å². The molecule has 10 heteroatoms. The van der Waals surface area contributed by atoms with E-state index in [9.17, 15) is 13.2 Å². The van der Waals surface area contributed by atoms with E-state index in [-0.39, 0.29) is 11.6 Å². The Morgan fingerprint density at radius 1 is 1.28 bits per heavy atom. The summed E-state index contributed by atoms with van der Waals surface area (Å²) in [6, 6.07) is 3.87. The fraction of sp³-hybridized carbons (Fsp3) is 0.632. The van der Waals surface area contributed by atoms with E-state index >= 15 is 0 Å². The van der Waals surface area contributed by atoms with Crippen LogP contribution in [0.15, 0.2) is 18.2 Å². The first-order chi connectivity index (χ1) is 13.8. The SMILES string of the molecule is COc1ccc(OC)c(N(C(C)C(=O)NCCCN2CCOCC2)S(C)(=O)=O)c1. The average molecular weight is 430 g/mol. The zero-order chi connectivity index (χ0) is 21.4. The van der Waals surface area contributed by atoms with Gasteiger partial charge in [0.2, 0.25) is 15.9 Å². The Morgan fingerprint density at radius 3 is 2.55 bits per heavy atom. The molecule has 1 atom stereocenters. The van der Waals surface area contributed by atoms with E-state index in [2.05, 4.69) is 10.2 Å². The van der Waals surface area contributed by atoms with Gasteiger partial charge in [-0.2, -0.15) is 0 Å². The molecule has 164 valence electrons. The first-order valence-electron chi connectivity index (χ1n) is 9.57. The average Bonchev–Trinajstić information content (AvgIpc) is 2.70. The molecule has 1 heterocycles. The number of morpholine rings is 1. The minimum Gasteiger partial charge on any atom is -0.497 e. The highest BCUT2D eigenvalue weighted by atomic mass is 32.2. The number of benzene rings is 1. The molecule has 0 aliphatic carbocycles. The Hall–Kier alpha value is -2.04. The van der Waals surface area contributed by atoms with Crippen LogP contribution in [-0.2, 0) is 19.6 Å². The second-order valence-corrected chi connectivity index (χ2v) is 8.73. The number of nitrogens with one attached hydrogen (secondary N) is 1. The van der Waals surface area contributed by atoms with Crippen LogP contribution < -0.4 is 19.1 Å². The van der Waals surface area contributed by atoms with Gasteiger partial charge in [0.15, 0.2) is 0 Å². The number of carbonyl (C=O) groups is 1. The number of amides is 1. The highest BCUT2D eigenvalue weighted by Crippen LogP contribution is 2.35. The lowest BCUT2D eigenvalue weighted by atomic mass is 10.2. The molecule has 0 aromatic heterocycles. The maximum atomic E-state index is 12.7. The maximum absolute atomic E-state index is 12.7. The standard InChI is InChI=1S/C19H31N3O6S/c1-15(19(23)20-8-5-9-21-10-12-28-13-11-21)22(29(4,24)25)17-14-16(26-2)6-7-18(17)27-3/h6-7,14-15H,5,8-13H2,1-4H3,(H,20,23). The van der Waals surface area contributed by atoms with Crippen molar-refractivity contribution in [2.45, 2.75) is 19.4 Å². The van der Waals surface area contributed by atoms with Crippen LogP contribution in [0.2, 0.25) is 0 Å². The molecule has 1 aliphatic rings. The zero-order valence-corrected chi connectivity index (χ0v) is 18.3. The second kappa shape index (κ2) is 10.7. The molecule has 0 bridgehead atoms. The summed E-state index contributed by atoms with van der Waals surface area (Å²) >= 11 is 0. The van der Waals surface area contributed by atoms with Gasteiger partial charge in [0.25, 0.3) is 0 Å². The van der Waals surface area contributed by atoms with Crippen LogP contribution in [0, 0.1) is 0 Å².